The Balaban J connectivity index is 2.13. The van der Waals surface area contributed by atoms with Crippen molar-refractivity contribution < 1.29 is 17.9 Å². The molecule has 0 radical (unpaired) electrons. The number of hydrogen-bond acceptors (Lipinski definition) is 4. The van der Waals surface area contributed by atoms with E-state index in [1.807, 2.05) is 19.9 Å². The van der Waals surface area contributed by atoms with Crippen LogP contribution >= 0.6 is 0 Å². The lowest BCUT2D eigenvalue weighted by Gasteiger charge is -2.13. The number of ether oxygens (including phenoxy) is 1. The van der Waals surface area contributed by atoms with E-state index in [0.29, 0.717) is 11.5 Å². The van der Waals surface area contributed by atoms with Crippen molar-refractivity contribution >= 4 is 5.95 Å². The van der Waals surface area contributed by atoms with E-state index in [1.165, 1.54) is 12.1 Å². The van der Waals surface area contributed by atoms with Crippen molar-refractivity contribution in [2.24, 2.45) is 0 Å². The van der Waals surface area contributed by atoms with Crippen LogP contribution in [0.3, 0.4) is 0 Å². The molecule has 0 fully saturated rings. The van der Waals surface area contributed by atoms with E-state index in [4.69, 9.17) is 0 Å². The molecule has 112 valence electrons. The summed E-state index contributed by atoms with van der Waals surface area (Å²) in [5, 5.41) is 2.90. The predicted molar refractivity (Wildman–Crippen MR) is 72.0 cm³/mol. The molecule has 1 aromatic heterocycles. The van der Waals surface area contributed by atoms with Gasteiger partial charge in [-0.15, -0.1) is 13.2 Å². The van der Waals surface area contributed by atoms with Crippen molar-refractivity contribution in [3.8, 4) is 5.75 Å². The maximum atomic E-state index is 12.3. The first-order chi connectivity index (χ1) is 9.83. The average molecular weight is 297 g/mol. The summed E-state index contributed by atoms with van der Waals surface area (Å²) < 4.78 is 41.0. The van der Waals surface area contributed by atoms with Crippen LogP contribution in [0.4, 0.5) is 19.1 Å². The summed E-state index contributed by atoms with van der Waals surface area (Å²) in [6.45, 7) is 3.77. The smallest absolute Gasteiger partial charge is 0.405 e. The molecule has 1 heterocycles. The SMILES string of the molecule is Cc1cc(C)nc(NCc2ccccc2OC(F)(F)F)n1. The van der Waals surface area contributed by atoms with E-state index >= 15 is 0 Å². The zero-order valence-electron chi connectivity index (χ0n) is 11.5. The standard InChI is InChI=1S/C14H14F3N3O/c1-9-7-10(2)20-13(19-9)18-8-11-5-3-4-6-12(11)21-14(15,16)17/h3-7H,8H2,1-2H3,(H,18,19,20). The zero-order chi connectivity index (χ0) is 15.5. The second kappa shape index (κ2) is 5.99. The highest BCUT2D eigenvalue weighted by Gasteiger charge is 2.31. The Kier molecular flexibility index (Phi) is 4.30. The number of nitrogens with one attached hydrogen (secondary N) is 1. The van der Waals surface area contributed by atoms with Gasteiger partial charge in [-0.3, -0.25) is 0 Å². The van der Waals surface area contributed by atoms with Gasteiger partial charge in [0.2, 0.25) is 5.95 Å². The Morgan fingerprint density at radius 1 is 1.10 bits per heavy atom. The third-order valence-electron chi connectivity index (χ3n) is 2.62. The van der Waals surface area contributed by atoms with E-state index < -0.39 is 6.36 Å². The van der Waals surface area contributed by atoms with Crippen molar-refractivity contribution in [1.29, 1.82) is 0 Å². The minimum atomic E-state index is -4.72. The molecular formula is C14H14F3N3O. The first kappa shape index (κ1) is 15.1. The van der Waals surface area contributed by atoms with Crippen LogP contribution in [0.1, 0.15) is 17.0 Å². The van der Waals surface area contributed by atoms with Gasteiger partial charge in [0.25, 0.3) is 0 Å². The normalized spacial score (nSPS) is 11.3. The lowest BCUT2D eigenvalue weighted by molar-refractivity contribution is -0.274. The van der Waals surface area contributed by atoms with Crippen LogP contribution in [-0.2, 0) is 6.54 Å². The van der Waals surface area contributed by atoms with Gasteiger partial charge in [-0.1, -0.05) is 18.2 Å². The predicted octanol–water partition coefficient (Wildman–Crippen LogP) is 3.60. The molecule has 0 bridgehead atoms. The van der Waals surface area contributed by atoms with E-state index in [9.17, 15) is 13.2 Å². The molecule has 4 nitrogen and oxygen atoms in total. The minimum absolute atomic E-state index is 0.134. The van der Waals surface area contributed by atoms with Crippen molar-refractivity contribution in [3.05, 3.63) is 47.3 Å². The second-order valence-electron chi connectivity index (χ2n) is 4.48. The van der Waals surface area contributed by atoms with Crippen molar-refractivity contribution in [2.45, 2.75) is 26.8 Å². The molecule has 1 aromatic carbocycles. The molecule has 21 heavy (non-hydrogen) atoms. The van der Waals surface area contributed by atoms with E-state index in [2.05, 4.69) is 20.0 Å². The summed E-state index contributed by atoms with van der Waals surface area (Å²) in [5.74, 6) is 0.135. The Bertz CT molecular complexity index is 609. The van der Waals surface area contributed by atoms with Gasteiger partial charge in [0, 0.05) is 23.5 Å². The van der Waals surface area contributed by atoms with Crippen molar-refractivity contribution in [3.63, 3.8) is 0 Å². The fourth-order valence-corrected chi connectivity index (χ4v) is 1.85. The second-order valence-corrected chi connectivity index (χ2v) is 4.48. The quantitative estimate of drug-likeness (QED) is 0.936. The van der Waals surface area contributed by atoms with Gasteiger partial charge in [-0.05, 0) is 26.0 Å². The van der Waals surface area contributed by atoms with Crippen molar-refractivity contribution in [2.75, 3.05) is 5.32 Å². The summed E-state index contributed by atoms with van der Waals surface area (Å²) in [7, 11) is 0. The highest BCUT2D eigenvalue weighted by Crippen LogP contribution is 2.26. The molecule has 0 aliphatic rings. The molecule has 0 aliphatic carbocycles. The van der Waals surface area contributed by atoms with Gasteiger partial charge < -0.3 is 10.1 Å². The van der Waals surface area contributed by atoms with Gasteiger partial charge >= 0.3 is 6.36 Å². The maximum absolute atomic E-state index is 12.3. The molecule has 1 N–H and O–H groups in total. The zero-order valence-corrected chi connectivity index (χ0v) is 11.5. The fourth-order valence-electron chi connectivity index (χ4n) is 1.85. The number of benzene rings is 1. The molecule has 7 heteroatoms. The lowest BCUT2D eigenvalue weighted by Crippen LogP contribution is -2.18. The number of rotatable bonds is 4. The molecular weight excluding hydrogens is 283 g/mol. The molecule has 0 atom stereocenters. The minimum Gasteiger partial charge on any atom is -0.405 e. The van der Waals surface area contributed by atoms with Gasteiger partial charge in [0.15, 0.2) is 0 Å². The number of aryl methyl sites for hydroxylation is 2. The molecule has 2 aromatic rings. The number of aromatic nitrogens is 2. The average Bonchev–Trinajstić information content (AvgIpc) is 2.35. The maximum Gasteiger partial charge on any atom is 0.573 e. The molecule has 0 saturated heterocycles. The van der Waals surface area contributed by atoms with Gasteiger partial charge in [-0.2, -0.15) is 0 Å². The molecule has 2 rings (SSSR count). The van der Waals surface area contributed by atoms with E-state index in [-0.39, 0.29) is 12.3 Å². The number of para-hydroxylation sites is 1. The summed E-state index contributed by atoms with van der Waals surface area (Å²) in [5.41, 5.74) is 1.94. The molecule has 0 unspecified atom stereocenters. The van der Waals surface area contributed by atoms with Crippen LogP contribution in [-0.4, -0.2) is 16.3 Å². The highest BCUT2D eigenvalue weighted by atomic mass is 19.4. The largest absolute Gasteiger partial charge is 0.573 e. The highest BCUT2D eigenvalue weighted by molar-refractivity contribution is 5.37. The lowest BCUT2D eigenvalue weighted by atomic mass is 10.2. The van der Waals surface area contributed by atoms with Crippen LogP contribution in [0.25, 0.3) is 0 Å². The summed E-state index contributed by atoms with van der Waals surface area (Å²) in [6.07, 6.45) is -4.72. The number of hydrogen-bond donors (Lipinski definition) is 1. The van der Waals surface area contributed by atoms with Gasteiger partial charge in [0.05, 0.1) is 0 Å². The summed E-state index contributed by atoms with van der Waals surface area (Å²) >= 11 is 0. The van der Waals surface area contributed by atoms with Crippen LogP contribution < -0.4 is 10.1 Å². The first-order valence-electron chi connectivity index (χ1n) is 6.23. The van der Waals surface area contributed by atoms with Crippen LogP contribution in [0.15, 0.2) is 30.3 Å². The topological polar surface area (TPSA) is 47.0 Å². The Hall–Kier alpha value is -2.31. The number of alkyl halides is 3. The van der Waals surface area contributed by atoms with Crippen LogP contribution in [0.5, 0.6) is 5.75 Å². The Labute approximate surface area is 120 Å². The van der Waals surface area contributed by atoms with Crippen LogP contribution in [0.2, 0.25) is 0 Å². The van der Waals surface area contributed by atoms with E-state index in [1.54, 1.807) is 12.1 Å². The summed E-state index contributed by atoms with van der Waals surface area (Å²) in [4.78, 5) is 8.34. The third-order valence-corrected chi connectivity index (χ3v) is 2.62. The molecule has 0 aliphatic heterocycles. The first-order valence-corrected chi connectivity index (χ1v) is 6.23. The molecule has 0 spiro atoms. The van der Waals surface area contributed by atoms with Gasteiger partial charge in [0.1, 0.15) is 5.75 Å². The Morgan fingerprint density at radius 2 is 1.71 bits per heavy atom. The number of anilines is 1. The number of nitrogens with zero attached hydrogens (tertiary/aromatic N) is 2. The van der Waals surface area contributed by atoms with Gasteiger partial charge in [-0.25, -0.2) is 9.97 Å². The monoisotopic (exact) mass is 297 g/mol. The fraction of sp³-hybridized carbons (Fsp3) is 0.286. The number of halogens is 3. The summed E-state index contributed by atoms with van der Waals surface area (Å²) in [6, 6.07) is 7.76. The molecule has 0 saturated carbocycles. The molecule has 0 amide bonds. The Morgan fingerprint density at radius 3 is 2.33 bits per heavy atom. The van der Waals surface area contributed by atoms with Crippen molar-refractivity contribution in [1.82, 2.24) is 9.97 Å². The third kappa shape index (κ3) is 4.62. The van der Waals surface area contributed by atoms with E-state index in [0.717, 1.165) is 11.4 Å². The van der Waals surface area contributed by atoms with Crippen LogP contribution in [0, 0.1) is 13.8 Å².